The van der Waals surface area contributed by atoms with Crippen molar-refractivity contribution in [3.63, 3.8) is 0 Å². The number of benzene rings is 1. The fraction of sp³-hybridized carbons (Fsp3) is 0.600. The monoisotopic (exact) mass is 1050 g/mol. The zero-order chi connectivity index (χ0) is 55.4. The van der Waals surface area contributed by atoms with Gasteiger partial charge >= 0.3 is 5.97 Å². The lowest BCUT2D eigenvalue weighted by molar-refractivity contribution is -0.141. The Kier molecular flexibility index (Phi) is 29.6. The number of hydrogen-bond donors (Lipinski definition) is 15. The zero-order valence-electron chi connectivity index (χ0n) is 41.7. The molecule has 0 fully saturated rings. The van der Waals surface area contributed by atoms with Crippen LogP contribution in [0.15, 0.2) is 30.3 Å². The molecular formula is C45H72N12O15S. The molecule has 8 atom stereocenters. The minimum absolute atomic E-state index is 0.0256. The smallest absolute Gasteiger partial charge is 0.305 e. The summed E-state index contributed by atoms with van der Waals surface area (Å²) in [6.07, 6.45) is 0.935. The van der Waals surface area contributed by atoms with Crippen LogP contribution in [-0.4, -0.2) is 179 Å². The highest BCUT2D eigenvalue weighted by Gasteiger charge is 2.34. The highest BCUT2D eigenvalue weighted by molar-refractivity contribution is 7.98. The summed E-state index contributed by atoms with van der Waals surface area (Å²) in [5.41, 5.74) is 11.2. The van der Waals surface area contributed by atoms with Gasteiger partial charge in [-0.3, -0.25) is 57.5 Å². The molecule has 0 aliphatic heterocycles. The highest BCUT2D eigenvalue weighted by Crippen LogP contribution is 2.09. The topological polar surface area (TPSA) is 438 Å². The number of aliphatic hydroxyl groups excluding tert-OH is 2. The Morgan fingerprint density at radius 2 is 1.00 bits per heavy atom. The van der Waals surface area contributed by atoms with E-state index in [1.54, 1.807) is 50.4 Å². The molecule has 28 heteroatoms. The first kappa shape index (κ1) is 64.1. The maximum absolute atomic E-state index is 13.7. The van der Waals surface area contributed by atoms with E-state index < -0.39 is 159 Å². The van der Waals surface area contributed by atoms with Crippen molar-refractivity contribution in [1.82, 2.24) is 53.2 Å². The van der Waals surface area contributed by atoms with Crippen LogP contribution in [0.1, 0.15) is 65.9 Å². The van der Waals surface area contributed by atoms with Gasteiger partial charge in [0.1, 0.15) is 48.3 Å². The number of carboxylic acid groups (broad SMARTS) is 1. The first-order chi connectivity index (χ1) is 34.3. The van der Waals surface area contributed by atoms with Crippen LogP contribution in [0.2, 0.25) is 0 Å². The lowest BCUT2D eigenvalue weighted by Gasteiger charge is -2.27. The number of carbonyl (C=O) groups excluding carboxylic acids is 11. The lowest BCUT2D eigenvalue weighted by Crippen LogP contribution is -2.61. The van der Waals surface area contributed by atoms with Gasteiger partial charge in [-0.1, -0.05) is 58.0 Å². The van der Waals surface area contributed by atoms with Crippen LogP contribution in [0.25, 0.3) is 0 Å². The van der Waals surface area contributed by atoms with Crippen molar-refractivity contribution in [3.05, 3.63) is 35.9 Å². The molecule has 0 unspecified atom stereocenters. The van der Waals surface area contributed by atoms with Gasteiger partial charge < -0.3 is 80.0 Å². The number of nitrogens with one attached hydrogen (secondary N) is 10. The Hall–Kier alpha value is -6.91. The second-order valence-corrected chi connectivity index (χ2v) is 18.6. The highest BCUT2D eigenvalue weighted by atomic mass is 32.2. The van der Waals surface area contributed by atoms with Gasteiger partial charge in [-0.25, -0.2) is 0 Å². The van der Waals surface area contributed by atoms with Crippen LogP contribution in [0, 0.1) is 11.8 Å². The molecule has 0 radical (unpaired) electrons. The fourth-order valence-electron chi connectivity index (χ4n) is 6.55. The molecule has 0 heterocycles. The van der Waals surface area contributed by atoms with Crippen molar-refractivity contribution in [1.29, 1.82) is 0 Å². The van der Waals surface area contributed by atoms with E-state index in [2.05, 4.69) is 53.2 Å². The van der Waals surface area contributed by atoms with E-state index in [9.17, 15) is 72.9 Å². The molecule has 408 valence electrons. The van der Waals surface area contributed by atoms with E-state index in [4.69, 9.17) is 11.5 Å². The summed E-state index contributed by atoms with van der Waals surface area (Å²) in [6.45, 7) is 4.59. The van der Waals surface area contributed by atoms with Crippen molar-refractivity contribution in [2.45, 2.75) is 115 Å². The van der Waals surface area contributed by atoms with Gasteiger partial charge in [-0.15, -0.1) is 0 Å². The molecule has 1 aromatic carbocycles. The summed E-state index contributed by atoms with van der Waals surface area (Å²) in [4.78, 5) is 154. The average molecular weight is 1050 g/mol. The Labute approximate surface area is 426 Å². The lowest BCUT2D eigenvalue weighted by atomic mass is 10.0. The van der Waals surface area contributed by atoms with Gasteiger partial charge in [0.05, 0.1) is 39.3 Å². The normalized spacial score (nSPS) is 14.2. The number of hydrogen-bond acceptors (Lipinski definition) is 16. The molecule has 27 nitrogen and oxygen atoms in total. The van der Waals surface area contributed by atoms with Crippen LogP contribution in [0.3, 0.4) is 0 Å². The van der Waals surface area contributed by atoms with Crippen LogP contribution in [-0.2, 0) is 64.0 Å². The standard InChI is InChI=1S/C45H72N12O15S/c1-23(2)14-28(38(47)65)52-36(62)20-48-35(61)19-49-40(67)32(21-58)56-43(70)30(16-26-10-8-7-9-11-26)53-39(66)25(5)50-42(69)29(15-24(3)4)54-45(72)33(22-59)57-44(71)31(17-37(63)64)55-41(68)27(12-13-73-6)51-34(60)18-46/h7-11,23-25,27-33,58-59H,12-22,46H2,1-6H3,(H2,47,65)(H,48,61)(H,49,67)(H,50,69)(H,51,60)(H,52,62)(H,53,66)(H,54,72)(H,55,68)(H,56,70)(H,57,71)(H,63,64)/t25-,27-,28-,29-,30-,31-,32-,33-/m0/s1. The molecular weight excluding hydrogens is 981 g/mol. The molecule has 0 aliphatic carbocycles. The number of aliphatic hydroxyl groups is 2. The first-order valence-electron chi connectivity index (χ1n) is 23.3. The summed E-state index contributed by atoms with van der Waals surface area (Å²) in [5, 5.41) is 53.0. The third-order valence-electron chi connectivity index (χ3n) is 10.4. The zero-order valence-corrected chi connectivity index (χ0v) is 42.6. The van der Waals surface area contributed by atoms with E-state index in [1.165, 1.54) is 18.7 Å². The van der Waals surface area contributed by atoms with Crippen molar-refractivity contribution in [2.24, 2.45) is 23.3 Å². The molecule has 73 heavy (non-hydrogen) atoms. The fourth-order valence-corrected chi connectivity index (χ4v) is 7.02. The third-order valence-corrected chi connectivity index (χ3v) is 11.0. The van der Waals surface area contributed by atoms with Crippen LogP contribution in [0.4, 0.5) is 0 Å². The molecule has 17 N–H and O–H groups in total. The van der Waals surface area contributed by atoms with E-state index in [0.717, 1.165) is 0 Å². The summed E-state index contributed by atoms with van der Waals surface area (Å²) in [6, 6.07) is -3.31. The van der Waals surface area contributed by atoms with Crippen LogP contribution >= 0.6 is 11.8 Å². The van der Waals surface area contributed by atoms with Gasteiger partial charge in [0.15, 0.2) is 0 Å². The van der Waals surface area contributed by atoms with E-state index in [1.807, 2.05) is 13.8 Å². The minimum atomic E-state index is -1.79. The van der Waals surface area contributed by atoms with Gasteiger partial charge in [0, 0.05) is 6.42 Å². The molecule has 0 bridgehead atoms. The van der Waals surface area contributed by atoms with Crippen molar-refractivity contribution in [2.75, 3.05) is 44.9 Å². The van der Waals surface area contributed by atoms with E-state index in [-0.39, 0.29) is 37.5 Å². The van der Waals surface area contributed by atoms with Gasteiger partial charge in [0.2, 0.25) is 65.0 Å². The van der Waals surface area contributed by atoms with Gasteiger partial charge in [-0.05, 0) is 55.6 Å². The number of aliphatic carboxylic acids is 1. The van der Waals surface area contributed by atoms with E-state index in [0.29, 0.717) is 11.3 Å². The van der Waals surface area contributed by atoms with E-state index >= 15 is 0 Å². The third kappa shape index (κ3) is 25.4. The number of carboxylic acids is 1. The Balaban J connectivity index is 3.12. The SMILES string of the molecule is CSCC[C@H](NC(=O)CN)C(=O)N[C@@H](CC(=O)O)C(=O)N[C@@H](CO)C(=O)N[C@@H](CC(C)C)C(=O)N[C@@H](C)C(=O)N[C@@H](Cc1ccccc1)C(=O)N[C@@H](CO)C(=O)NCC(=O)NCC(=O)N[C@@H](CC(C)C)C(N)=O. The number of primary amides is 1. The number of rotatable bonds is 34. The molecule has 0 aromatic heterocycles. The van der Waals surface area contributed by atoms with Crippen molar-refractivity contribution in [3.8, 4) is 0 Å². The second-order valence-electron chi connectivity index (χ2n) is 17.6. The van der Waals surface area contributed by atoms with Gasteiger partial charge in [-0.2, -0.15) is 11.8 Å². The average Bonchev–Trinajstić information content (AvgIpc) is 3.33. The predicted octanol–water partition coefficient (Wildman–Crippen LogP) is -5.89. The Bertz CT molecular complexity index is 2070. The maximum Gasteiger partial charge on any atom is 0.305 e. The Morgan fingerprint density at radius 3 is 1.53 bits per heavy atom. The minimum Gasteiger partial charge on any atom is -0.481 e. The summed E-state index contributed by atoms with van der Waals surface area (Å²) >= 11 is 1.35. The molecule has 0 saturated heterocycles. The Morgan fingerprint density at radius 1 is 0.534 bits per heavy atom. The largest absolute Gasteiger partial charge is 0.481 e. The summed E-state index contributed by atoms with van der Waals surface area (Å²) in [5.74, 6) is -11.4. The van der Waals surface area contributed by atoms with Crippen LogP contribution in [0.5, 0.6) is 0 Å². The molecule has 0 spiro atoms. The quantitative estimate of drug-likeness (QED) is 0.0306. The van der Waals surface area contributed by atoms with Gasteiger partial charge in [0.25, 0.3) is 0 Å². The molecule has 0 aliphatic rings. The second kappa shape index (κ2) is 33.7. The van der Waals surface area contributed by atoms with Crippen LogP contribution < -0.4 is 64.6 Å². The predicted molar refractivity (Wildman–Crippen MR) is 264 cm³/mol. The molecule has 1 rings (SSSR count). The summed E-state index contributed by atoms with van der Waals surface area (Å²) < 4.78 is 0. The number of amides is 11. The van der Waals surface area contributed by atoms with Crippen molar-refractivity contribution >= 4 is 82.7 Å². The summed E-state index contributed by atoms with van der Waals surface area (Å²) in [7, 11) is 0. The van der Waals surface area contributed by atoms with Crippen molar-refractivity contribution < 1.29 is 72.9 Å². The molecule has 0 saturated carbocycles. The molecule has 11 amide bonds. The number of thioether (sulfide) groups is 1. The number of carbonyl (C=O) groups is 12. The first-order valence-corrected chi connectivity index (χ1v) is 24.7. The maximum atomic E-state index is 13.7. The molecule has 1 aromatic rings. The number of nitrogens with two attached hydrogens (primary N) is 2.